The van der Waals surface area contributed by atoms with Crippen molar-refractivity contribution in [3.63, 3.8) is 0 Å². The van der Waals surface area contributed by atoms with Gasteiger partial charge in [0.2, 0.25) is 0 Å². The summed E-state index contributed by atoms with van der Waals surface area (Å²) in [5, 5.41) is 0. The highest BCUT2D eigenvalue weighted by atomic mass is 15.3. The van der Waals surface area contributed by atoms with Gasteiger partial charge in [-0.15, -0.1) is 0 Å². The number of rotatable bonds is 2. The maximum Gasteiger partial charge on any atom is 0.0384 e. The van der Waals surface area contributed by atoms with Gasteiger partial charge in [-0.2, -0.15) is 0 Å². The molecule has 2 bridgehead atoms. The van der Waals surface area contributed by atoms with Crippen molar-refractivity contribution in [2.75, 3.05) is 39.3 Å². The molecule has 3 rings (SSSR count). The van der Waals surface area contributed by atoms with E-state index in [9.17, 15) is 0 Å². The van der Waals surface area contributed by atoms with Gasteiger partial charge in [-0.1, -0.05) is 20.8 Å². The van der Waals surface area contributed by atoms with Crippen molar-refractivity contribution in [3.05, 3.63) is 0 Å². The molecule has 0 aromatic carbocycles. The predicted molar refractivity (Wildman–Crippen MR) is 84.7 cm³/mol. The zero-order valence-corrected chi connectivity index (χ0v) is 13.7. The number of hydrogen-bond donors (Lipinski definition) is 1. The second-order valence-electron chi connectivity index (χ2n) is 8.47. The topological polar surface area (TPSA) is 32.5 Å². The second-order valence-corrected chi connectivity index (χ2v) is 8.47. The molecule has 0 aromatic rings. The SMILES string of the molecule is CC(C)(C)C1CCN(C2(CN)CCN3CCC2C3)CC1. The quantitative estimate of drug-likeness (QED) is 0.841. The Morgan fingerprint density at radius 2 is 1.75 bits per heavy atom. The van der Waals surface area contributed by atoms with Gasteiger partial charge >= 0.3 is 0 Å². The Hall–Kier alpha value is -0.120. The van der Waals surface area contributed by atoms with E-state index in [1.807, 2.05) is 0 Å². The monoisotopic (exact) mass is 279 g/mol. The lowest BCUT2D eigenvalue weighted by Gasteiger charge is -2.53. The second kappa shape index (κ2) is 5.26. The average molecular weight is 279 g/mol. The maximum absolute atomic E-state index is 6.31. The van der Waals surface area contributed by atoms with Crippen LogP contribution >= 0.6 is 0 Å². The minimum absolute atomic E-state index is 0.329. The van der Waals surface area contributed by atoms with Crippen molar-refractivity contribution < 1.29 is 0 Å². The molecule has 0 aromatic heterocycles. The first-order valence-corrected chi connectivity index (χ1v) is 8.63. The summed E-state index contributed by atoms with van der Waals surface area (Å²) in [4.78, 5) is 5.43. The van der Waals surface area contributed by atoms with E-state index < -0.39 is 0 Å². The molecular formula is C17H33N3. The third-order valence-corrected chi connectivity index (χ3v) is 6.60. The van der Waals surface area contributed by atoms with Gasteiger partial charge in [-0.3, -0.25) is 4.90 Å². The highest BCUT2D eigenvalue weighted by Gasteiger charge is 2.49. The summed E-state index contributed by atoms with van der Waals surface area (Å²) in [5.74, 6) is 1.71. The number of fused-ring (bicyclic) bond motifs is 2. The number of nitrogens with two attached hydrogens (primary N) is 1. The molecule has 3 heterocycles. The van der Waals surface area contributed by atoms with E-state index in [1.54, 1.807) is 0 Å². The Kier molecular flexibility index (Phi) is 3.89. The van der Waals surface area contributed by atoms with Crippen LogP contribution in [0.15, 0.2) is 0 Å². The fourth-order valence-electron chi connectivity index (χ4n) is 5.04. The molecule has 2 N–H and O–H groups in total. The normalized spacial score (nSPS) is 40.2. The van der Waals surface area contributed by atoms with Crippen LogP contribution in [0.2, 0.25) is 0 Å². The van der Waals surface area contributed by atoms with E-state index in [2.05, 4.69) is 30.6 Å². The zero-order chi connectivity index (χ0) is 14.4. The molecule has 0 radical (unpaired) electrons. The minimum atomic E-state index is 0.329. The van der Waals surface area contributed by atoms with Gasteiger partial charge in [-0.05, 0) is 69.1 Å². The van der Waals surface area contributed by atoms with Crippen LogP contribution in [-0.2, 0) is 0 Å². The van der Waals surface area contributed by atoms with E-state index in [1.165, 1.54) is 58.4 Å². The summed E-state index contributed by atoms with van der Waals surface area (Å²) in [6.45, 7) is 14.5. The van der Waals surface area contributed by atoms with E-state index in [0.717, 1.165) is 18.4 Å². The molecule has 3 atom stereocenters. The summed E-state index contributed by atoms with van der Waals surface area (Å²) in [6, 6.07) is 0. The van der Waals surface area contributed by atoms with Gasteiger partial charge in [0, 0.05) is 18.6 Å². The molecule has 20 heavy (non-hydrogen) atoms. The first-order chi connectivity index (χ1) is 9.45. The zero-order valence-electron chi connectivity index (χ0n) is 13.7. The Morgan fingerprint density at radius 3 is 2.35 bits per heavy atom. The number of piperidine rings is 2. The molecule has 116 valence electrons. The summed E-state index contributed by atoms with van der Waals surface area (Å²) < 4.78 is 0. The molecular weight excluding hydrogens is 246 g/mol. The molecule has 3 unspecified atom stereocenters. The summed E-state index contributed by atoms with van der Waals surface area (Å²) in [7, 11) is 0. The van der Waals surface area contributed by atoms with Gasteiger partial charge < -0.3 is 10.6 Å². The van der Waals surface area contributed by atoms with E-state index in [-0.39, 0.29) is 0 Å². The Bertz CT molecular complexity index is 341. The number of nitrogens with zero attached hydrogens (tertiary/aromatic N) is 2. The summed E-state index contributed by atoms with van der Waals surface area (Å²) in [5.41, 5.74) is 7.11. The third-order valence-electron chi connectivity index (χ3n) is 6.60. The highest BCUT2D eigenvalue weighted by Crippen LogP contribution is 2.43. The lowest BCUT2D eigenvalue weighted by molar-refractivity contribution is -0.0254. The summed E-state index contributed by atoms with van der Waals surface area (Å²) >= 11 is 0. The fourth-order valence-corrected chi connectivity index (χ4v) is 5.04. The van der Waals surface area contributed by atoms with Crippen LogP contribution in [0.4, 0.5) is 0 Å². The molecule has 0 spiro atoms. The number of hydrogen-bond acceptors (Lipinski definition) is 3. The predicted octanol–water partition coefficient (Wildman–Crippen LogP) is 2.17. The molecule has 0 aliphatic carbocycles. The Labute approximate surface area is 124 Å². The average Bonchev–Trinajstić information content (AvgIpc) is 2.83. The molecule has 0 amide bonds. The van der Waals surface area contributed by atoms with Gasteiger partial charge in [0.05, 0.1) is 0 Å². The smallest absolute Gasteiger partial charge is 0.0384 e. The van der Waals surface area contributed by atoms with Crippen LogP contribution in [0.3, 0.4) is 0 Å². The molecule has 3 aliphatic heterocycles. The minimum Gasteiger partial charge on any atom is -0.329 e. The fraction of sp³-hybridized carbons (Fsp3) is 1.00. The maximum atomic E-state index is 6.31. The van der Waals surface area contributed by atoms with Crippen LogP contribution in [0.1, 0.15) is 46.5 Å². The third kappa shape index (κ3) is 2.42. The standard InChI is InChI=1S/C17H33N3/c1-16(2,3)14-5-9-20(10-6-14)17(13-18)7-11-19-8-4-15(17)12-19/h14-15H,4-13,18H2,1-3H3. The molecule has 3 heteroatoms. The highest BCUT2D eigenvalue weighted by molar-refractivity contribution is 5.06. The van der Waals surface area contributed by atoms with Crippen LogP contribution in [0.5, 0.6) is 0 Å². The lowest BCUT2D eigenvalue weighted by atomic mass is 9.72. The van der Waals surface area contributed by atoms with Crippen LogP contribution in [-0.4, -0.2) is 54.6 Å². The largest absolute Gasteiger partial charge is 0.329 e. The first-order valence-electron chi connectivity index (χ1n) is 8.63. The first kappa shape index (κ1) is 14.8. The van der Waals surface area contributed by atoms with E-state index in [4.69, 9.17) is 5.73 Å². The van der Waals surface area contributed by atoms with Gasteiger partial charge in [-0.25, -0.2) is 0 Å². The van der Waals surface area contributed by atoms with E-state index >= 15 is 0 Å². The molecule has 3 saturated heterocycles. The lowest BCUT2D eigenvalue weighted by Crippen LogP contribution is -2.63. The van der Waals surface area contributed by atoms with Crippen molar-refractivity contribution in [1.29, 1.82) is 0 Å². The van der Waals surface area contributed by atoms with Gasteiger partial charge in [0.25, 0.3) is 0 Å². The van der Waals surface area contributed by atoms with E-state index in [0.29, 0.717) is 11.0 Å². The Balaban J connectivity index is 1.69. The van der Waals surface area contributed by atoms with Crippen molar-refractivity contribution in [2.24, 2.45) is 23.0 Å². The number of likely N-dealkylation sites (tertiary alicyclic amines) is 1. The van der Waals surface area contributed by atoms with Crippen LogP contribution in [0, 0.1) is 17.3 Å². The van der Waals surface area contributed by atoms with Crippen molar-refractivity contribution in [2.45, 2.75) is 52.0 Å². The van der Waals surface area contributed by atoms with Gasteiger partial charge in [0.1, 0.15) is 0 Å². The van der Waals surface area contributed by atoms with Crippen LogP contribution < -0.4 is 5.73 Å². The molecule has 3 nitrogen and oxygen atoms in total. The molecule has 3 aliphatic rings. The Morgan fingerprint density at radius 1 is 1.05 bits per heavy atom. The van der Waals surface area contributed by atoms with Crippen LogP contribution in [0.25, 0.3) is 0 Å². The van der Waals surface area contributed by atoms with Crippen molar-refractivity contribution >= 4 is 0 Å². The van der Waals surface area contributed by atoms with Crippen molar-refractivity contribution in [1.82, 2.24) is 9.80 Å². The van der Waals surface area contributed by atoms with Crippen molar-refractivity contribution in [3.8, 4) is 0 Å². The summed E-state index contributed by atoms with van der Waals surface area (Å²) in [6.07, 6.45) is 5.40. The molecule has 3 fully saturated rings. The molecule has 0 saturated carbocycles. The van der Waals surface area contributed by atoms with Gasteiger partial charge in [0.15, 0.2) is 0 Å².